The number of carbonyl (C=O) groups excluding carboxylic acids is 1. The van der Waals surface area contributed by atoms with Gasteiger partial charge in [-0.1, -0.05) is 24.3 Å². The first-order valence-electron chi connectivity index (χ1n) is 11.5. The van der Waals surface area contributed by atoms with Crippen LogP contribution in [0.15, 0.2) is 36.5 Å². The third kappa shape index (κ3) is 3.80. The number of rotatable bonds is 4. The van der Waals surface area contributed by atoms with Crippen LogP contribution in [0.4, 0.5) is 0 Å². The van der Waals surface area contributed by atoms with Crippen LogP contribution in [0.3, 0.4) is 0 Å². The first kappa shape index (κ1) is 21.1. The zero-order valence-electron chi connectivity index (χ0n) is 19.0. The van der Waals surface area contributed by atoms with E-state index in [0.717, 1.165) is 47.2 Å². The summed E-state index contributed by atoms with van der Waals surface area (Å²) in [6.07, 6.45) is 3.54. The lowest BCUT2D eigenvalue weighted by Crippen LogP contribution is -2.43. The standard InChI is InChI=1S/C25H30N4O3/c1-16(2)29-23-21(14-26-29)20(13-22(27-23)19-9-5-4-7-17(19)3)24(30)28-10-6-8-18(15-28)25-31-11-12-32-25/h4-5,7,9,13-14,16,18,25H,6,8,10-12,15H2,1-3H3. The second kappa shape index (κ2) is 8.64. The second-order valence-corrected chi connectivity index (χ2v) is 9.05. The van der Waals surface area contributed by atoms with Gasteiger partial charge in [0, 0.05) is 30.6 Å². The highest BCUT2D eigenvalue weighted by molar-refractivity contribution is 6.06. The quantitative estimate of drug-likeness (QED) is 0.615. The first-order chi connectivity index (χ1) is 15.5. The molecule has 0 spiro atoms. The highest BCUT2D eigenvalue weighted by Crippen LogP contribution is 2.31. The number of fused-ring (bicyclic) bond motifs is 1. The van der Waals surface area contributed by atoms with Gasteiger partial charge in [-0.2, -0.15) is 5.10 Å². The van der Waals surface area contributed by atoms with E-state index in [1.165, 1.54) is 0 Å². The molecule has 5 rings (SSSR count). The average molecular weight is 435 g/mol. The molecule has 7 heteroatoms. The molecule has 1 amide bonds. The molecule has 168 valence electrons. The van der Waals surface area contributed by atoms with E-state index in [2.05, 4.69) is 38.0 Å². The van der Waals surface area contributed by atoms with Crippen LogP contribution in [0.5, 0.6) is 0 Å². The molecular weight excluding hydrogens is 404 g/mol. The number of nitrogens with zero attached hydrogens (tertiary/aromatic N) is 4. The number of hydrogen-bond donors (Lipinski definition) is 0. The van der Waals surface area contributed by atoms with Crippen LogP contribution in [0, 0.1) is 12.8 Å². The van der Waals surface area contributed by atoms with Gasteiger partial charge < -0.3 is 14.4 Å². The monoisotopic (exact) mass is 434 g/mol. The molecule has 0 N–H and O–H groups in total. The molecule has 0 aliphatic carbocycles. The fraction of sp³-hybridized carbons (Fsp3) is 0.480. The maximum absolute atomic E-state index is 13.8. The lowest BCUT2D eigenvalue weighted by atomic mass is 9.96. The number of piperidine rings is 1. The van der Waals surface area contributed by atoms with Crippen molar-refractivity contribution in [2.45, 2.75) is 45.9 Å². The second-order valence-electron chi connectivity index (χ2n) is 9.05. The van der Waals surface area contributed by atoms with E-state index in [0.29, 0.717) is 25.3 Å². The number of amides is 1. The fourth-order valence-corrected chi connectivity index (χ4v) is 4.81. The van der Waals surface area contributed by atoms with Crippen LogP contribution in [0.2, 0.25) is 0 Å². The predicted octanol–water partition coefficient (Wildman–Crippen LogP) is 4.21. The van der Waals surface area contributed by atoms with Crippen molar-refractivity contribution in [3.63, 3.8) is 0 Å². The molecule has 32 heavy (non-hydrogen) atoms. The molecule has 1 atom stereocenters. The van der Waals surface area contributed by atoms with Gasteiger partial charge >= 0.3 is 0 Å². The number of benzene rings is 1. The lowest BCUT2D eigenvalue weighted by Gasteiger charge is -2.35. The zero-order valence-corrected chi connectivity index (χ0v) is 19.0. The summed E-state index contributed by atoms with van der Waals surface area (Å²) in [5.74, 6) is 0.236. The van der Waals surface area contributed by atoms with Gasteiger partial charge in [0.15, 0.2) is 11.9 Å². The Bertz CT molecular complexity index is 1130. The normalized spacial score (nSPS) is 19.9. The van der Waals surface area contributed by atoms with Crippen LogP contribution in [0.25, 0.3) is 22.3 Å². The van der Waals surface area contributed by atoms with Crippen molar-refractivity contribution in [1.82, 2.24) is 19.7 Å². The Morgan fingerprint density at radius 2 is 1.97 bits per heavy atom. The Kier molecular flexibility index (Phi) is 5.69. The largest absolute Gasteiger partial charge is 0.350 e. The molecule has 1 aromatic carbocycles. The van der Waals surface area contributed by atoms with E-state index in [9.17, 15) is 4.79 Å². The number of carbonyl (C=O) groups is 1. The topological polar surface area (TPSA) is 69.5 Å². The predicted molar refractivity (Wildman–Crippen MR) is 122 cm³/mol. The maximum atomic E-state index is 13.8. The molecule has 0 saturated carbocycles. The minimum absolute atomic E-state index is 0.0261. The maximum Gasteiger partial charge on any atom is 0.254 e. The number of ether oxygens (including phenoxy) is 2. The van der Waals surface area contributed by atoms with E-state index < -0.39 is 0 Å². The van der Waals surface area contributed by atoms with Gasteiger partial charge in [-0.05, 0) is 45.2 Å². The molecule has 2 fully saturated rings. The van der Waals surface area contributed by atoms with Crippen molar-refractivity contribution >= 4 is 16.9 Å². The molecule has 1 unspecified atom stereocenters. The van der Waals surface area contributed by atoms with Crippen LogP contribution >= 0.6 is 0 Å². The third-order valence-corrected chi connectivity index (χ3v) is 6.48. The molecule has 7 nitrogen and oxygen atoms in total. The zero-order chi connectivity index (χ0) is 22.2. The number of pyridine rings is 1. The third-order valence-electron chi connectivity index (χ3n) is 6.48. The van der Waals surface area contributed by atoms with Gasteiger partial charge in [-0.25, -0.2) is 9.67 Å². The number of hydrogen-bond acceptors (Lipinski definition) is 5. The number of likely N-dealkylation sites (tertiary alicyclic amines) is 1. The summed E-state index contributed by atoms with van der Waals surface area (Å²) >= 11 is 0. The lowest BCUT2D eigenvalue weighted by molar-refractivity contribution is -0.0969. The smallest absolute Gasteiger partial charge is 0.254 e. The number of aryl methyl sites for hydroxylation is 1. The number of aromatic nitrogens is 3. The minimum atomic E-state index is -0.200. The van der Waals surface area contributed by atoms with Crippen molar-refractivity contribution in [3.8, 4) is 11.3 Å². The van der Waals surface area contributed by atoms with E-state index in [1.807, 2.05) is 27.8 Å². The van der Waals surface area contributed by atoms with E-state index >= 15 is 0 Å². The minimum Gasteiger partial charge on any atom is -0.350 e. The van der Waals surface area contributed by atoms with Crippen LogP contribution in [-0.4, -0.2) is 58.2 Å². The SMILES string of the molecule is Cc1ccccc1-c1cc(C(=O)N2CCCC(C3OCCO3)C2)c2cnn(C(C)C)c2n1. The van der Waals surface area contributed by atoms with Crippen molar-refractivity contribution in [2.24, 2.45) is 5.92 Å². The molecule has 2 aromatic heterocycles. The van der Waals surface area contributed by atoms with Gasteiger partial charge in [0.1, 0.15) is 0 Å². The summed E-state index contributed by atoms with van der Waals surface area (Å²) in [6.45, 7) is 8.87. The molecule has 0 bridgehead atoms. The molecule has 3 aromatic rings. The molecule has 2 aliphatic heterocycles. The Labute approximate surface area is 188 Å². The Hall–Kier alpha value is -2.77. The van der Waals surface area contributed by atoms with Gasteiger partial charge in [0.05, 0.1) is 36.1 Å². The Morgan fingerprint density at radius 1 is 1.19 bits per heavy atom. The summed E-state index contributed by atoms with van der Waals surface area (Å²) in [4.78, 5) is 20.7. The fourth-order valence-electron chi connectivity index (χ4n) is 4.81. The van der Waals surface area contributed by atoms with Gasteiger partial charge in [-0.3, -0.25) is 4.79 Å². The average Bonchev–Trinajstić information content (AvgIpc) is 3.48. The molecule has 2 saturated heterocycles. The summed E-state index contributed by atoms with van der Waals surface area (Å²) in [5, 5.41) is 5.36. The van der Waals surface area contributed by atoms with Crippen LogP contribution < -0.4 is 0 Å². The molecule has 2 aliphatic rings. The summed E-state index contributed by atoms with van der Waals surface area (Å²) in [7, 11) is 0. The highest BCUT2D eigenvalue weighted by Gasteiger charge is 2.34. The van der Waals surface area contributed by atoms with Crippen molar-refractivity contribution in [3.05, 3.63) is 47.7 Å². The van der Waals surface area contributed by atoms with E-state index in [-0.39, 0.29) is 24.2 Å². The van der Waals surface area contributed by atoms with E-state index in [4.69, 9.17) is 14.5 Å². The first-order valence-corrected chi connectivity index (χ1v) is 11.5. The molecule has 4 heterocycles. The van der Waals surface area contributed by atoms with Crippen molar-refractivity contribution in [1.29, 1.82) is 0 Å². The summed E-state index contributed by atoms with van der Waals surface area (Å²) in [5.41, 5.74) is 4.37. The Balaban J connectivity index is 1.56. The van der Waals surface area contributed by atoms with E-state index in [1.54, 1.807) is 6.20 Å². The molecule has 0 radical (unpaired) electrons. The van der Waals surface area contributed by atoms with Crippen molar-refractivity contribution in [2.75, 3.05) is 26.3 Å². The Morgan fingerprint density at radius 3 is 2.72 bits per heavy atom. The van der Waals surface area contributed by atoms with Crippen LogP contribution in [0.1, 0.15) is 48.7 Å². The molecular formula is C25H30N4O3. The van der Waals surface area contributed by atoms with Gasteiger partial charge in [0.2, 0.25) is 0 Å². The highest BCUT2D eigenvalue weighted by atomic mass is 16.7. The van der Waals surface area contributed by atoms with Gasteiger partial charge in [0.25, 0.3) is 5.91 Å². The summed E-state index contributed by atoms with van der Waals surface area (Å²) in [6, 6.07) is 10.2. The summed E-state index contributed by atoms with van der Waals surface area (Å²) < 4.78 is 13.4. The van der Waals surface area contributed by atoms with Gasteiger partial charge in [-0.15, -0.1) is 0 Å². The van der Waals surface area contributed by atoms with Crippen molar-refractivity contribution < 1.29 is 14.3 Å². The van der Waals surface area contributed by atoms with Crippen LogP contribution in [-0.2, 0) is 9.47 Å².